The minimum atomic E-state index is -4.53. The number of amides is 3. The lowest BCUT2D eigenvalue weighted by molar-refractivity contribution is -0.137. The topological polar surface area (TPSA) is 79.5 Å². The van der Waals surface area contributed by atoms with E-state index in [1.165, 1.54) is 0 Å². The second-order valence-corrected chi connectivity index (χ2v) is 4.95. The summed E-state index contributed by atoms with van der Waals surface area (Å²) >= 11 is 0. The molecule has 0 radical (unpaired) electrons. The summed E-state index contributed by atoms with van der Waals surface area (Å²) in [6, 6.07) is 1.74. The quantitative estimate of drug-likeness (QED) is 0.791. The highest BCUT2D eigenvalue weighted by Crippen LogP contribution is 2.35. The normalized spacial score (nSPS) is 17.6. The number of anilines is 1. The van der Waals surface area contributed by atoms with E-state index in [-0.39, 0.29) is 36.9 Å². The summed E-state index contributed by atoms with van der Waals surface area (Å²) in [6.07, 6.45) is -4.40. The number of carbonyl (C=O) groups excluding carboxylic acids is 2. The Morgan fingerprint density at radius 3 is 2.74 bits per heavy atom. The summed E-state index contributed by atoms with van der Waals surface area (Å²) in [6.45, 7) is 2.20. The molecule has 2 rings (SSSR count). The minimum absolute atomic E-state index is 0.0866. The first-order valence-electron chi connectivity index (χ1n) is 6.98. The predicted octanol–water partition coefficient (Wildman–Crippen LogP) is 2.11. The van der Waals surface area contributed by atoms with Crippen molar-refractivity contribution < 1.29 is 27.5 Å². The van der Waals surface area contributed by atoms with Crippen LogP contribution in [0.25, 0.3) is 0 Å². The van der Waals surface area contributed by atoms with E-state index in [1.807, 2.05) is 0 Å². The highest BCUT2D eigenvalue weighted by molar-refractivity contribution is 5.92. The fourth-order valence-corrected chi connectivity index (χ4v) is 2.14. The first kappa shape index (κ1) is 16.9. The van der Waals surface area contributed by atoms with Gasteiger partial charge in [-0.1, -0.05) is 0 Å². The molecule has 3 amide bonds. The number of hydrogen-bond acceptors (Lipinski definition) is 3. The Hall–Kier alpha value is -2.45. The summed E-state index contributed by atoms with van der Waals surface area (Å²) in [5.41, 5.74) is -0.981. The second-order valence-electron chi connectivity index (χ2n) is 4.95. The van der Waals surface area contributed by atoms with Gasteiger partial charge in [0.05, 0.1) is 23.9 Å². The molecule has 3 N–H and O–H groups in total. The van der Waals surface area contributed by atoms with Gasteiger partial charge in [0.1, 0.15) is 5.75 Å². The molecule has 0 bridgehead atoms. The third-order valence-corrected chi connectivity index (χ3v) is 3.17. The summed E-state index contributed by atoms with van der Waals surface area (Å²) in [5, 5.41) is 7.40. The number of ether oxygens (including phenoxy) is 1. The molecule has 6 nitrogen and oxygen atoms in total. The number of alkyl halides is 3. The maximum atomic E-state index is 12.8. The van der Waals surface area contributed by atoms with E-state index in [1.54, 1.807) is 6.92 Å². The van der Waals surface area contributed by atoms with Crippen LogP contribution in [0, 0.1) is 0 Å². The van der Waals surface area contributed by atoms with Crippen molar-refractivity contribution >= 4 is 17.6 Å². The average molecular weight is 331 g/mol. The van der Waals surface area contributed by atoms with Crippen molar-refractivity contribution in [3.8, 4) is 5.75 Å². The van der Waals surface area contributed by atoms with Crippen LogP contribution >= 0.6 is 0 Å². The molecule has 126 valence electrons. The van der Waals surface area contributed by atoms with Crippen LogP contribution in [0.3, 0.4) is 0 Å². The van der Waals surface area contributed by atoms with Crippen LogP contribution in [-0.2, 0) is 11.0 Å². The van der Waals surface area contributed by atoms with E-state index < -0.39 is 23.8 Å². The van der Waals surface area contributed by atoms with Crippen LogP contribution < -0.4 is 20.7 Å². The van der Waals surface area contributed by atoms with Gasteiger partial charge in [0.15, 0.2) is 0 Å². The number of halogens is 3. The van der Waals surface area contributed by atoms with Crippen molar-refractivity contribution in [3.63, 3.8) is 0 Å². The van der Waals surface area contributed by atoms with Crippen LogP contribution in [0.15, 0.2) is 18.2 Å². The average Bonchev–Trinajstić information content (AvgIpc) is 2.85. The monoisotopic (exact) mass is 331 g/mol. The van der Waals surface area contributed by atoms with Crippen molar-refractivity contribution in [2.24, 2.45) is 0 Å². The second kappa shape index (κ2) is 6.76. The Kier molecular flexibility index (Phi) is 4.97. The van der Waals surface area contributed by atoms with Gasteiger partial charge in [-0.05, 0) is 25.1 Å². The number of carbonyl (C=O) groups is 2. The molecule has 1 saturated heterocycles. The van der Waals surface area contributed by atoms with Gasteiger partial charge >= 0.3 is 12.2 Å². The minimum Gasteiger partial charge on any atom is -0.492 e. The fourth-order valence-electron chi connectivity index (χ4n) is 2.14. The Bertz CT molecular complexity index is 605. The summed E-state index contributed by atoms with van der Waals surface area (Å²) < 4.78 is 43.6. The molecule has 1 aromatic rings. The number of rotatable bonds is 4. The van der Waals surface area contributed by atoms with E-state index in [4.69, 9.17) is 4.74 Å². The molecule has 9 heteroatoms. The van der Waals surface area contributed by atoms with Gasteiger partial charge < -0.3 is 20.7 Å². The smallest absolute Gasteiger partial charge is 0.416 e. The Morgan fingerprint density at radius 2 is 2.17 bits per heavy atom. The molecule has 23 heavy (non-hydrogen) atoms. The standard InChI is InChI=1S/C14H16F3N3O3/c1-2-23-11-4-3-8(14(15,16)17)5-10(11)20-13(22)19-9-6-12(21)18-7-9/h3-5,9H,2,6-7H2,1H3,(H,18,21)(H2,19,20,22)/t9-/m0/s1. The maximum Gasteiger partial charge on any atom is 0.416 e. The van der Waals surface area contributed by atoms with Gasteiger partial charge in [-0.3, -0.25) is 4.79 Å². The molecule has 1 aliphatic rings. The van der Waals surface area contributed by atoms with Crippen LogP contribution in [0.4, 0.5) is 23.7 Å². The largest absolute Gasteiger partial charge is 0.492 e. The van der Waals surface area contributed by atoms with Crippen molar-refractivity contribution in [3.05, 3.63) is 23.8 Å². The summed E-state index contributed by atoms with van der Waals surface area (Å²) in [4.78, 5) is 23.0. The molecule has 0 unspecified atom stereocenters. The molecule has 0 aromatic heterocycles. The van der Waals surface area contributed by atoms with Crippen molar-refractivity contribution in [2.75, 3.05) is 18.5 Å². The Balaban J connectivity index is 2.12. The maximum absolute atomic E-state index is 12.8. The summed E-state index contributed by atoms with van der Waals surface area (Å²) in [7, 11) is 0. The van der Waals surface area contributed by atoms with E-state index in [0.717, 1.165) is 18.2 Å². The number of nitrogens with one attached hydrogen (secondary N) is 3. The first-order chi connectivity index (χ1) is 10.8. The van der Waals surface area contributed by atoms with Crippen molar-refractivity contribution in [1.29, 1.82) is 0 Å². The SMILES string of the molecule is CCOc1ccc(C(F)(F)F)cc1NC(=O)N[C@@H]1CNC(=O)C1. The zero-order valence-corrected chi connectivity index (χ0v) is 12.3. The highest BCUT2D eigenvalue weighted by atomic mass is 19.4. The van der Waals surface area contributed by atoms with Gasteiger partial charge in [0, 0.05) is 13.0 Å². The number of benzene rings is 1. The molecule has 1 atom stereocenters. The molecule has 0 aliphatic carbocycles. The van der Waals surface area contributed by atoms with Crippen LogP contribution in [0.1, 0.15) is 18.9 Å². The molecule has 1 aliphatic heterocycles. The van der Waals surface area contributed by atoms with Gasteiger partial charge in [0.2, 0.25) is 5.91 Å². The van der Waals surface area contributed by atoms with E-state index in [9.17, 15) is 22.8 Å². The van der Waals surface area contributed by atoms with Gasteiger partial charge in [0.25, 0.3) is 0 Å². The molecule has 1 fully saturated rings. The third-order valence-electron chi connectivity index (χ3n) is 3.17. The molecular weight excluding hydrogens is 315 g/mol. The van der Waals surface area contributed by atoms with Gasteiger partial charge in [-0.25, -0.2) is 4.79 Å². The van der Waals surface area contributed by atoms with E-state index in [2.05, 4.69) is 16.0 Å². The van der Waals surface area contributed by atoms with Crippen LogP contribution in [0.5, 0.6) is 5.75 Å². The fraction of sp³-hybridized carbons (Fsp3) is 0.429. The highest BCUT2D eigenvalue weighted by Gasteiger charge is 2.31. The first-order valence-corrected chi connectivity index (χ1v) is 6.98. The molecular formula is C14H16F3N3O3. The number of hydrogen-bond donors (Lipinski definition) is 3. The van der Waals surface area contributed by atoms with Crippen LogP contribution in [-0.4, -0.2) is 31.1 Å². The van der Waals surface area contributed by atoms with E-state index >= 15 is 0 Å². The molecule has 1 aromatic carbocycles. The summed E-state index contributed by atoms with van der Waals surface area (Å²) in [5.74, 6) is -0.0550. The lowest BCUT2D eigenvalue weighted by atomic mass is 10.1. The zero-order valence-electron chi connectivity index (χ0n) is 12.3. The Labute approximate surface area is 130 Å². The van der Waals surface area contributed by atoms with E-state index in [0.29, 0.717) is 0 Å². The lowest BCUT2D eigenvalue weighted by Gasteiger charge is -2.16. The Morgan fingerprint density at radius 1 is 1.43 bits per heavy atom. The van der Waals surface area contributed by atoms with Crippen LogP contribution in [0.2, 0.25) is 0 Å². The lowest BCUT2D eigenvalue weighted by Crippen LogP contribution is -2.39. The van der Waals surface area contributed by atoms with Gasteiger partial charge in [-0.15, -0.1) is 0 Å². The van der Waals surface area contributed by atoms with Gasteiger partial charge in [-0.2, -0.15) is 13.2 Å². The van der Waals surface area contributed by atoms with Crippen molar-refractivity contribution in [2.45, 2.75) is 25.6 Å². The third kappa shape index (κ3) is 4.51. The number of urea groups is 1. The molecule has 0 saturated carbocycles. The molecule has 0 spiro atoms. The zero-order chi connectivity index (χ0) is 17.0. The van der Waals surface area contributed by atoms with Crippen molar-refractivity contribution in [1.82, 2.24) is 10.6 Å². The molecule has 1 heterocycles. The predicted molar refractivity (Wildman–Crippen MR) is 76.2 cm³/mol.